The highest BCUT2D eigenvalue weighted by molar-refractivity contribution is 6.08. The lowest BCUT2D eigenvalue weighted by atomic mass is 9.84. The number of para-hydroxylation sites is 1. The molecule has 1 aliphatic heterocycles. The first-order valence-corrected chi connectivity index (χ1v) is 17.7. The van der Waals surface area contributed by atoms with Crippen LogP contribution in [-0.4, -0.2) is 56.3 Å². The number of hydrogen-bond acceptors (Lipinski definition) is 8. The molecule has 0 bridgehead atoms. The van der Waals surface area contributed by atoms with Gasteiger partial charge in [0.15, 0.2) is 0 Å². The Labute approximate surface area is 317 Å². The Morgan fingerprint density at radius 2 is 1.47 bits per heavy atom. The van der Waals surface area contributed by atoms with E-state index in [-0.39, 0.29) is 11.8 Å². The number of fused-ring (bicyclic) bond motifs is 2. The van der Waals surface area contributed by atoms with Crippen molar-refractivity contribution in [2.75, 3.05) is 24.9 Å². The van der Waals surface area contributed by atoms with Crippen LogP contribution in [0.4, 0.5) is 11.4 Å². The number of ether oxygens (including phenoxy) is 2. The van der Waals surface area contributed by atoms with Gasteiger partial charge in [-0.2, -0.15) is 0 Å². The third kappa shape index (κ3) is 6.48. The minimum absolute atomic E-state index is 0.260. The van der Waals surface area contributed by atoms with Crippen LogP contribution in [0, 0.1) is 0 Å². The molecule has 1 unspecified atom stereocenters. The average molecular weight is 731 g/mol. The van der Waals surface area contributed by atoms with Crippen LogP contribution < -0.4 is 20.1 Å². The zero-order valence-electron chi connectivity index (χ0n) is 31.0. The van der Waals surface area contributed by atoms with Crippen LogP contribution in [0.2, 0.25) is 0 Å². The number of nitrogens with zero attached hydrogens (tertiary/aromatic N) is 6. The van der Waals surface area contributed by atoms with Crippen LogP contribution in [0.5, 0.6) is 11.5 Å². The fourth-order valence-electron chi connectivity index (χ4n) is 7.05. The number of carbonyl (C=O) groups is 2. The zero-order valence-corrected chi connectivity index (χ0v) is 31.0. The summed E-state index contributed by atoms with van der Waals surface area (Å²) in [6.07, 6.45) is 8.11. The summed E-state index contributed by atoms with van der Waals surface area (Å²) in [5, 5.41) is 6.01. The molecule has 1 aliphatic rings. The van der Waals surface area contributed by atoms with E-state index in [1.54, 1.807) is 56.9 Å². The molecule has 0 radical (unpaired) electrons. The second kappa shape index (κ2) is 14.0. The first kappa shape index (κ1) is 35.0. The first-order chi connectivity index (χ1) is 26.7. The van der Waals surface area contributed by atoms with Crippen molar-refractivity contribution in [3.63, 3.8) is 0 Å². The lowest BCUT2D eigenvalue weighted by Crippen LogP contribution is -2.29. The number of pyridine rings is 1. The summed E-state index contributed by atoms with van der Waals surface area (Å²) in [4.78, 5) is 45.7. The summed E-state index contributed by atoms with van der Waals surface area (Å²) in [6.45, 7) is 2.10. The highest BCUT2D eigenvalue weighted by Gasteiger charge is 2.32. The van der Waals surface area contributed by atoms with Gasteiger partial charge in [0.1, 0.15) is 23.1 Å². The maximum absolute atomic E-state index is 13.7. The minimum Gasteiger partial charge on any atom is -0.496 e. The Morgan fingerprint density at radius 1 is 0.727 bits per heavy atom. The van der Waals surface area contributed by atoms with E-state index in [2.05, 4.69) is 28.6 Å². The maximum atomic E-state index is 13.7. The topological polar surface area (TPSA) is 138 Å². The van der Waals surface area contributed by atoms with Crippen molar-refractivity contribution in [3.05, 3.63) is 132 Å². The predicted molar refractivity (Wildman–Crippen MR) is 215 cm³/mol. The summed E-state index contributed by atoms with van der Waals surface area (Å²) >= 11 is 0. The number of amides is 2. The van der Waals surface area contributed by atoms with Gasteiger partial charge in [0.25, 0.3) is 11.8 Å². The van der Waals surface area contributed by atoms with Gasteiger partial charge in [-0.15, -0.1) is 0 Å². The number of methoxy groups -OCH3 is 2. The van der Waals surface area contributed by atoms with Crippen LogP contribution in [0.1, 0.15) is 45.4 Å². The highest BCUT2D eigenvalue weighted by Crippen LogP contribution is 2.36. The molecule has 8 rings (SSSR count). The molecule has 0 aliphatic carbocycles. The van der Waals surface area contributed by atoms with Crippen LogP contribution in [0.25, 0.3) is 39.2 Å². The van der Waals surface area contributed by atoms with Crippen LogP contribution >= 0.6 is 0 Å². The molecule has 0 saturated carbocycles. The molecule has 1 atom stereocenters. The van der Waals surface area contributed by atoms with E-state index in [1.807, 2.05) is 90.1 Å². The number of allylic oxidation sites excluding steroid dienone is 1. The molecule has 4 aromatic carbocycles. The van der Waals surface area contributed by atoms with E-state index in [9.17, 15) is 9.59 Å². The van der Waals surface area contributed by atoms with E-state index in [0.29, 0.717) is 40.4 Å². The number of benzene rings is 4. The van der Waals surface area contributed by atoms with E-state index >= 15 is 0 Å². The summed E-state index contributed by atoms with van der Waals surface area (Å²) in [6, 6.07) is 27.8. The third-order valence-electron chi connectivity index (χ3n) is 10.0. The van der Waals surface area contributed by atoms with Crippen molar-refractivity contribution in [2.45, 2.75) is 18.8 Å². The Kier molecular flexibility index (Phi) is 8.93. The maximum Gasteiger partial charge on any atom is 0.259 e. The van der Waals surface area contributed by atoms with Crippen molar-refractivity contribution >= 4 is 57.2 Å². The van der Waals surface area contributed by atoms with E-state index < -0.39 is 5.41 Å². The van der Waals surface area contributed by atoms with Crippen LogP contribution in [0.3, 0.4) is 0 Å². The first-order valence-electron chi connectivity index (χ1n) is 17.7. The molecule has 12 nitrogen and oxygen atoms in total. The lowest BCUT2D eigenvalue weighted by molar-refractivity contribution is 0.101. The number of carbonyl (C=O) groups excluding carboxylic acids is 2. The molecular formula is C43H38N8O4. The molecule has 7 aromatic rings. The molecule has 55 heavy (non-hydrogen) atoms. The van der Waals surface area contributed by atoms with E-state index in [1.165, 1.54) is 0 Å². The zero-order chi connectivity index (χ0) is 38.3. The second-order valence-corrected chi connectivity index (χ2v) is 13.6. The highest BCUT2D eigenvalue weighted by atomic mass is 16.5. The molecule has 12 heteroatoms. The monoisotopic (exact) mass is 730 g/mol. The predicted octanol–water partition coefficient (Wildman–Crippen LogP) is 7.82. The van der Waals surface area contributed by atoms with Gasteiger partial charge in [-0.1, -0.05) is 18.2 Å². The molecule has 2 amide bonds. The van der Waals surface area contributed by atoms with Gasteiger partial charge < -0.3 is 29.2 Å². The Morgan fingerprint density at radius 3 is 2.22 bits per heavy atom. The fourth-order valence-corrected chi connectivity index (χ4v) is 7.05. The van der Waals surface area contributed by atoms with Crippen molar-refractivity contribution in [2.24, 2.45) is 19.1 Å². The number of aliphatic imine (C=N–C) groups is 1. The summed E-state index contributed by atoms with van der Waals surface area (Å²) in [5.41, 5.74) is 7.38. The second-order valence-electron chi connectivity index (χ2n) is 13.6. The van der Waals surface area contributed by atoms with Crippen LogP contribution in [0.15, 0.2) is 114 Å². The van der Waals surface area contributed by atoms with E-state index in [4.69, 9.17) is 24.4 Å². The minimum atomic E-state index is -0.508. The van der Waals surface area contributed by atoms with E-state index in [0.717, 1.165) is 50.5 Å². The van der Waals surface area contributed by atoms with Gasteiger partial charge in [0, 0.05) is 55.2 Å². The SMILES string of the molecule is COc1ccccc1C(=O)Nc1ccc2nc(C3(C)C=NC(c4ccc(OC)c(C(=O)Nc5ccc6c(c5)nc(-c5cccnc5)n6C)c4)=CC3)n(C)c2c1. The summed E-state index contributed by atoms with van der Waals surface area (Å²) in [5.74, 6) is 2.00. The molecule has 4 heterocycles. The number of aromatic nitrogens is 5. The number of imidazole rings is 2. The normalized spacial score (nSPS) is 15.2. The number of nitrogens with one attached hydrogen (secondary N) is 2. The van der Waals surface area contributed by atoms with Gasteiger partial charge in [0.2, 0.25) is 0 Å². The van der Waals surface area contributed by atoms with Crippen LogP contribution in [-0.2, 0) is 19.5 Å². The molecular weight excluding hydrogens is 693 g/mol. The third-order valence-corrected chi connectivity index (χ3v) is 10.0. The molecule has 274 valence electrons. The van der Waals surface area contributed by atoms with Crippen molar-refractivity contribution < 1.29 is 19.1 Å². The van der Waals surface area contributed by atoms with Gasteiger partial charge in [-0.05, 0) is 92.2 Å². The summed E-state index contributed by atoms with van der Waals surface area (Å²) < 4.78 is 15.0. The van der Waals surface area contributed by atoms with Gasteiger partial charge in [0.05, 0.1) is 58.5 Å². The Hall–Kier alpha value is -7.08. The van der Waals surface area contributed by atoms with Gasteiger partial charge in [-0.3, -0.25) is 19.6 Å². The molecule has 0 spiro atoms. The number of hydrogen-bond donors (Lipinski definition) is 2. The quantitative estimate of drug-likeness (QED) is 0.155. The van der Waals surface area contributed by atoms with Gasteiger partial charge >= 0.3 is 0 Å². The number of rotatable bonds is 9. The molecule has 0 saturated heterocycles. The van der Waals surface area contributed by atoms with Gasteiger partial charge in [-0.25, -0.2) is 9.97 Å². The Bertz CT molecular complexity index is 2690. The molecule has 2 N–H and O–H groups in total. The number of anilines is 2. The Balaban J connectivity index is 1.00. The average Bonchev–Trinajstić information content (AvgIpc) is 3.73. The largest absolute Gasteiger partial charge is 0.496 e. The number of aryl methyl sites for hydroxylation is 2. The molecule has 0 fully saturated rings. The van der Waals surface area contributed by atoms with Crippen molar-refractivity contribution in [1.82, 2.24) is 24.1 Å². The fraction of sp³-hybridized carbons (Fsp3) is 0.163. The smallest absolute Gasteiger partial charge is 0.259 e. The molecule has 3 aromatic heterocycles. The van der Waals surface area contributed by atoms with Crippen molar-refractivity contribution in [1.29, 1.82) is 0 Å². The lowest BCUT2D eigenvalue weighted by Gasteiger charge is -2.26. The van der Waals surface area contributed by atoms with Crippen molar-refractivity contribution in [3.8, 4) is 22.9 Å². The standard InChI is InChI=1S/C43H38N8O4/c1-43(42-49-33-15-13-29(23-36(33)51(42)3)47-40(52)30-10-6-7-11-37(30)54-4)19-18-32(45-25-43)26-12-17-38(55-5)31(21-26)41(53)46-28-14-16-35-34(22-28)48-39(50(35)2)27-9-8-20-44-24-27/h6-18,20-25H,19H2,1-5H3,(H,46,53)(H,47,52). The summed E-state index contributed by atoms with van der Waals surface area (Å²) in [7, 11) is 7.01.